The van der Waals surface area contributed by atoms with Crippen LogP contribution in [-0.4, -0.2) is 26.8 Å². The highest BCUT2D eigenvalue weighted by atomic mass is 35.5. The number of nitrogens with one attached hydrogen (secondary N) is 2. The van der Waals surface area contributed by atoms with Crippen molar-refractivity contribution in [3.05, 3.63) is 92.4 Å². The summed E-state index contributed by atoms with van der Waals surface area (Å²) in [5, 5.41) is 24.7. The van der Waals surface area contributed by atoms with E-state index in [9.17, 15) is 33.4 Å². The lowest BCUT2D eigenvalue weighted by Gasteiger charge is -2.19. The highest BCUT2D eigenvalue weighted by Gasteiger charge is 2.22. The van der Waals surface area contributed by atoms with Crippen LogP contribution in [0.25, 0.3) is 0 Å². The number of carboxylic acid groups (broad SMARTS) is 1. The molecule has 0 aliphatic carbocycles. The predicted molar refractivity (Wildman–Crippen MR) is 126 cm³/mol. The Balaban J connectivity index is 1.88. The highest BCUT2D eigenvalue weighted by Crippen LogP contribution is 2.26. The Bertz CT molecular complexity index is 1310. The molecule has 35 heavy (non-hydrogen) atoms. The van der Waals surface area contributed by atoms with Crippen molar-refractivity contribution in [2.24, 2.45) is 0 Å². The van der Waals surface area contributed by atoms with E-state index in [1.54, 1.807) is 24.3 Å². The standard InChI is InChI=1S/C24H22ClF2N3O5/c1-13-11-30(12-16-5-2-3-8-17(16)25)23(34)20(21(13)33)29-24(35)28-18(10-19(31)32)14-6-4-7-15(9-14)22(26)27/h2-9,11,18,22,33H,10,12H2,1H3,(H,31,32)(H2,28,29,35)/t18-/m0/s1. The smallest absolute Gasteiger partial charge is 0.319 e. The molecular weight excluding hydrogens is 484 g/mol. The molecule has 2 aromatic carbocycles. The van der Waals surface area contributed by atoms with Gasteiger partial charge in [0.05, 0.1) is 19.0 Å². The van der Waals surface area contributed by atoms with Crippen LogP contribution < -0.4 is 16.2 Å². The summed E-state index contributed by atoms with van der Waals surface area (Å²) in [6.45, 7) is 1.60. The molecule has 1 atom stereocenters. The summed E-state index contributed by atoms with van der Waals surface area (Å²) in [6, 6.07) is 9.69. The Kier molecular flexibility index (Phi) is 8.08. The van der Waals surface area contributed by atoms with Crippen molar-refractivity contribution in [3.63, 3.8) is 0 Å². The number of amides is 2. The van der Waals surface area contributed by atoms with Crippen molar-refractivity contribution in [1.29, 1.82) is 0 Å². The first-order chi connectivity index (χ1) is 16.6. The second-order valence-corrected chi connectivity index (χ2v) is 8.19. The van der Waals surface area contributed by atoms with E-state index in [1.807, 2.05) is 0 Å². The number of alkyl halides is 2. The van der Waals surface area contributed by atoms with Crippen molar-refractivity contribution in [2.45, 2.75) is 32.4 Å². The van der Waals surface area contributed by atoms with Gasteiger partial charge >= 0.3 is 12.0 Å². The van der Waals surface area contributed by atoms with Crippen molar-refractivity contribution in [2.75, 3.05) is 5.32 Å². The molecule has 2 amide bonds. The molecule has 0 spiro atoms. The van der Waals surface area contributed by atoms with E-state index in [0.717, 1.165) is 6.07 Å². The number of aliphatic carboxylic acids is 1. The summed E-state index contributed by atoms with van der Waals surface area (Å²) >= 11 is 6.17. The number of hydrogen-bond donors (Lipinski definition) is 4. The third-order valence-electron chi connectivity index (χ3n) is 5.22. The van der Waals surface area contributed by atoms with Crippen LogP contribution in [0.15, 0.2) is 59.5 Å². The Labute approximate surface area is 203 Å². The van der Waals surface area contributed by atoms with Crippen molar-refractivity contribution >= 4 is 29.3 Å². The van der Waals surface area contributed by atoms with Crippen LogP contribution in [0.4, 0.5) is 19.3 Å². The van der Waals surface area contributed by atoms with E-state index in [-0.39, 0.29) is 17.7 Å². The van der Waals surface area contributed by atoms with Crippen molar-refractivity contribution < 1.29 is 28.6 Å². The SMILES string of the molecule is Cc1cn(Cc2ccccc2Cl)c(=O)c(NC(=O)N[C@@H](CC(=O)O)c2cccc(C(F)F)c2)c1O. The van der Waals surface area contributed by atoms with E-state index in [2.05, 4.69) is 10.6 Å². The molecule has 0 aliphatic rings. The molecule has 0 fully saturated rings. The van der Waals surface area contributed by atoms with Crippen LogP contribution in [-0.2, 0) is 11.3 Å². The molecule has 11 heteroatoms. The van der Waals surface area contributed by atoms with Crippen LogP contribution in [0.1, 0.15) is 41.1 Å². The van der Waals surface area contributed by atoms with Gasteiger partial charge in [0.2, 0.25) is 0 Å². The molecule has 3 rings (SSSR count). The number of aromatic hydroxyl groups is 1. The number of pyridine rings is 1. The molecular formula is C24H22ClF2N3O5. The number of aryl methyl sites for hydroxylation is 1. The average molecular weight is 506 g/mol. The maximum atomic E-state index is 13.1. The lowest BCUT2D eigenvalue weighted by Crippen LogP contribution is -2.36. The first-order valence-electron chi connectivity index (χ1n) is 10.4. The maximum absolute atomic E-state index is 13.1. The fraction of sp³-hybridized carbons (Fsp3) is 0.208. The first-order valence-corrected chi connectivity index (χ1v) is 10.8. The van der Waals surface area contributed by atoms with Gasteiger partial charge in [-0.05, 0) is 30.2 Å². The summed E-state index contributed by atoms with van der Waals surface area (Å²) in [6.07, 6.45) is -1.97. The molecule has 0 bridgehead atoms. The fourth-order valence-corrected chi connectivity index (χ4v) is 3.68. The Morgan fingerprint density at radius 1 is 1.11 bits per heavy atom. The largest absolute Gasteiger partial charge is 0.505 e. The second kappa shape index (κ2) is 11.0. The number of aromatic nitrogens is 1. The van der Waals surface area contributed by atoms with Gasteiger partial charge < -0.3 is 25.4 Å². The first kappa shape index (κ1) is 25.7. The van der Waals surface area contributed by atoms with Gasteiger partial charge in [-0.25, -0.2) is 13.6 Å². The summed E-state index contributed by atoms with van der Waals surface area (Å²) in [5.41, 5.74) is -0.415. The van der Waals surface area contributed by atoms with Gasteiger partial charge in [-0.1, -0.05) is 48.0 Å². The minimum absolute atomic E-state index is 0.0674. The summed E-state index contributed by atoms with van der Waals surface area (Å²) in [4.78, 5) is 37.0. The third-order valence-corrected chi connectivity index (χ3v) is 5.59. The van der Waals surface area contributed by atoms with Crippen LogP contribution >= 0.6 is 11.6 Å². The van der Waals surface area contributed by atoms with Gasteiger partial charge in [0.1, 0.15) is 5.75 Å². The van der Waals surface area contributed by atoms with E-state index >= 15 is 0 Å². The zero-order valence-electron chi connectivity index (χ0n) is 18.5. The van der Waals surface area contributed by atoms with Crippen LogP contribution in [0, 0.1) is 6.92 Å². The molecule has 1 aromatic heterocycles. The number of urea groups is 1. The molecule has 8 nitrogen and oxygen atoms in total. The molecule has 0 radical (unpaired) electrons. The Morgan fingerprint density at radius 2 is 1.80 bits per heavy atom. The van der Waals surface area contributed by atoms with Crippen molar-refractivity contribution in [3.8, 4) is 5.75 Å². The lowest BCUT2D eigenvalue weighted by molar-refractivity contribution is -0.137. The number of halogens is 3. The maximum Gasteiger partial charge on any atom is 0.319 e. The Morgan fingerprint density at radius 3 is 2.46 bits per heavy atom. The molecule has 184 valence electrons. The minimum Gasteiger partial charge on any atom is -0.505 e. The minimum atomic E-state index is -2.78. The summed E-state index contributed by atoms with van der Waals surface area (Å²) in [5.74, 6) is -1.74. The zero-order chi connectivity index (χ0) is 25.7. The van der Waals surface area contributed by atoms with Gasteiger partial charge in [0, 0.05) is 22.3 Å². The van der Waals surface area contributed by atoms with Gasteiger partial charge in [-0.3, -0.25) is 9.59 Å². The van der Waals surface area contributed by atoms with Gasteiger partial charge in [-0.15, -0.1) is 0 Å². The van der Waals surface area contributed by atoms with E-state index in [0.29, 0.717) is 16.1 Å². The number of anilines is 1. The summed E-state index contributed by atoms with van der Waals surface area (Å²) < 4.78 is 27.4. The van der Waals surface area contributed by atoms with Gasteiger partial charge in [0.15, 0.2) is 5.69 Å². The van der Waals surface area contributed by atoms with E-state index in [1.165, 1.54) is 35.9 Å². The molecule has 4 N–H and O–H groups in total. The zero-order valence-corrected chi connectivity index (χ0v) is 19.2. The van der Waals surface area contributed by atoms with Crippen LogP contribution in [0.5, 0.6) is 5.75 Å². The second-order valence-electron chi connectivity index (χ2n) is 7.78. The van der Waals surface area contributed by atoms with Gasteiger partial charge in [0.25, 0.3) is 12.0 Å². The number of carbonyl (C=O) groups is 2. The molecule has 1 heterocycles. The van der Waals surface area contributed by atoms with Crippen molar-refractivity contribution in [1.82, 2.24) is 9.88 Å². The lowest BCUT2D eigenvalue weighted by atomic mass is 10.0. The highest BCUT2D eigenvalue weighted by molar-refractivity contribution is 6.31. The van der Waals surface area contributed by atoms with Crippen LogP contribution in [0.3, 0.4) is 0 Å². The molecule has 0 unspecified atom stereocenters. The van der Waals surface area contributed by atoms with E-state index < -0.39 is 47.9 Å². The molecule has 0 saturated heterocycles. The number of carboxylic acids is 1. The number of benzene rings is 2. The molecule has 0 saturated carbocycles. The molecule has 0 aliphatic heterocycles. The number of rotatable bonds is 8. The normalized spacial score (nSPS) is 11.8. The fourth-order valence-electron chi connectivity index (χ4n) is 3.48. The quantitative estimate of drug-likeness (QED) is 0.349. The monoisotopic (exact) mass is 505 g/mol. The summed E-state index contributed by atoms with van der Waals surface area (Å²) in [7, 11) is 0. The number of hydrogen-bond acceptors (Lipinski definition) is 4. The number of nitrogens with zero attached hydrogens (tertiary/aromatic N) is 1. The third kappa shape index (κ3) is 6.36. The van der Waals surface area contributed by atoms with Gasteiger partial charge in [-0.2, -0.15) is 0 Å². The van der Waals surface area contributed by atoms with Crippen LogP contribution in [0.2, 0.25) is 5.02 Å². The topological polar surface area (TPSA) is 121 Å². The predicted octanol–water partition coefficient (Wildman–Crippen LogP) is 4.84. The Hall–Kier alpha value is -3.92. The van der Waals surface area contributed by atoms with E-state index in [4.69, 9.17) is 11.6 Å². The molecule has 3 aromatic rings. The number of carbonyl (C=O) groups excluding carboxylic acids is 1. The average Bonchev–Trinajstić information content (AvgIpc) is 2.81.